The van der Waals surface area contributed by atoms with E-state index >= 15 is 0 Å². The number of halogens is 1. The van der Waals surface area contributed by atoms with Crippen molar-refractivity contribution in [3.63, 3.8) is 0 Å². The molecule has 0 fully saturated rings. The fourth-order valence-corrected chi connectivity index (χ4v) is 3.64. The highest BCUT2D eigenvalue weighted by atomic mass is 127. The van der Waals surface area contributed by atoms with Crippen LogP contribution >= 0.6 is 35.3 Å². The van der Waals surface area contributed by atoms with E-state index in [2.05, 4.69) is 60.1 Å². The Morgan fingerprint density at radius 3 is 2.40 bits per heavy atom. The first-order valence-electron chi connectivity index (χ1n) is 9.16. The Bertz CT molecular complexity index is 486. The molecule has 7 heteroatoms. The van der Waals surface area contributed by atoms with Gasteiger partial charge in [0, 0.05) is 30.7 Å². The van der Waals surface area contributed by atoms with Gasteiger partial charge in [0.2, 0.25) is 0 Å². The van der Waals surface area contributed by atoms with Crippen molar-refractivity contribution >= 4 is 41.3 Å². The lowest BCUT2D eigenvalue weighted by atomic mass is 10.0. The molecule has 1 rings (SSSR count). The lowest BCUT2D eigenvalue weighted by Crippen LogP contribution is -2.47. The van der Waals surface area contributed by atoms with Crippen LogP contribution in [0.1, 0.15) is 50.9 Å². The first-order valence-corrected chi connectivity index (χ1v) is 9.97. The molecule has 1 aromatic heterocycles. The lowest BCUT2D eigenvalue weighted by molar-refractivity contribution is 0.191. The summed E-state index contributed by atoms with van der Waals surface area (Å²) >= 11 is 1.77. The molecule has 25 heavy (non-hydrogen) atoms. The predicted octanol–water partition coefficient (Wildman–Crippen LogP) is 3.75. The van der Waals surface area contributed by atoms with Gasteiger partial charge in [-0.1, -0.05) is 34.6 Å². The van der Waals surface area contributed by atoms with E-state index in [9.17, 15) is 0 Å². The standard InChI is InChI=1S/C18H35N5S.HI/c1-7-16-12-20-17(24-16)13-22-18(19-6)21-11-15(10-14(4)5)23(8-2)9-3;/h12,14-15H,7-11,13H2,1-6H3,(H2,19,21,22);1H. The molecule has 0 aliphatic rings. The predicted molar refractivity (Wildman–Crippen MR) is 121 cm³/mol. The van der Waals surface area contributed by atoms with Gasteiger partial charge in [-0.05, 0) is 31.8 Å². The van der Waals surface area contributed by atoms with Crippen LogP contribution in [0, 0.1) is 5.92 Å². The lowest BCUT2D eigenvalue weighted by Gasteiger charge is -2.31. The van der Waals surface area contributed by atoms with Crippen LogP contribution in [0.25, 0.3) is 0 Å². The molecule has 1 heterocycles. The van der Waals surface area contributed by atoms with E-state index in [0.29, 0.717) is 12.0 Å². The second kappa shape index (κ2) is 13.7. The van der Waals surface area contributed by atoms with E-state index in [1.165, 1.54) is 11.3 Å². The molecule has 146 valence electrons. The number of hydrogen-bond acceptors (Lipinski definition) is 4. The fourth-order valence-electron chi connectivity index (χ4n) is 2.83. The highest BCUT2D eigenvalue weighted by Crippen LogP contribution is 2.13. The van der Waals surface area contributed by atoms with Crippen molar-refractivity contribution in [2.45, 2.75) is 60.0 Å². The van der Waals surface area contributed by atoms with Gasteiger partial charge in [0.05, 0.1) is 6.54 Å². The summed E-state index contributed by atoms with van der Waals surface area (Å²) in [6.07, 6.45) is 4.21. The van der Waals surface area contributed by atoms with E-state index in [0.717, 1.165) is 43.6 Å². The number of aryl methyl sites for hydroxylation is 1. The summed E-state index contributed by atoms with van der Waals surface area (Å²) < 4.78 is 0. The Morgan fingerprint density at radius 2 is 1.92 bits per heavy atom. The molecule has 0 radical (unpaired) electrons. The van der Waals surface area contributed by atoms with Crippen LogP contribution in [0.3, 0.4) is 0 Å². The summed E-state index contributed by atoms with van der Waals surface area (Å²) in [5.74, 6) is 1.54. The summed E-state index contributed by atoms with van der Waals surface area (Å²) in [6, 6.07) is 0.533. The zero-order chi connectivity index (χ0) is 17.9. The zero-order valence-electron chi connectivity index (χ0n) is 16.6. The molecule has 1 unspecified atom stereocenters. The maximum Gasteiger partial charge on any atom is 0.191 e. The second-order valence-electron chi connectivity index (χ2n) is 6.39. The number of rotatable bonds is 10. The molecule has 0 aliphatic heterocycles. The summed E-state index contributed by atoms with van der Waals surface area (Å²) in [6.45, 7) is 15.0. The summed E-state index contributed by atoms with van der Waals surface area (Å²) in [5.41, 5.74) is 0. The smallest absolute Gasteiger partial charge is 0.191 e. The number of aliphatic imine (C=N–C) groups is 1. The molecule has 1 atom stereocenters. The van der Waals surface area contributed by atoms with E-state index in [1.54, 1.807) is 11.3 Å². The van der Waals surface area contributed by atoms with Gasteiger partial charge in [-0.2, -0.15) is 0 Å². The minimum Gasteiger partial charge on any atom is -0.355 e. The van der Waals surface area contributed by atoms with E-state index in [4.69, 9.17) is 0 Å². The second-order valence-corrected chi connectivity index (χ2v) is 7.58. The quantitative estimate of drug-likeness (QED) is 0.304. The van der Waals surface area contributed by atoms with Crippen molar-refractivity contribution in [2.24, 2.45) is 10.9 Å². The van der Waals surface area contributed by atoms with Crippen LogP contribution in [0.15, 0.2) is 11.2 Å². The molecule has 2 N–H and O–H groups in total. The molecule has 0 amide bonds. The van der Waals surface area contributed by atoms with Crippen LogP contribution in [-0.2, 0) is 13.0 Å². The van der Waals surface area contributed by atoms with Crippen LogP contribution in [-0.4, -0.2) is 48.6 Å². The maximum absolute atomic E-state index is 4.45. The highest BCUT2D eigenvalue weighted by molar-refractivity contribution is 14.0. The number of thiazole rings is 1. The van der Waals surface area contributed by atoms with E-state index < -0.39 is 0 Å². The number of likely N-dealkylation sites (N-methyl/N-ethyl adjacent to an activating group) is 1. The van der Waals surface area contributed by atoms with Crippen LogP contribution in [0.2, 0.25) is 0 Å². The largest absolute Gasteiger partial charge is 0.355 e. The Balaban J connectivity index is 0.00000576. The molecule has 5 nitrogen and oxygen atoms in total. The molecular formula is C18H36IN5S. The molecule has 0 spiro atoms. The Kier molecular flexibility index (Phi) is 13.5. The van der Waals surface area contributed by atoms with Gasteiger partial charge in [0.1, 0.15) is 5.01 Å². The Labute approximate surface area is 175 Å². The molecular weight excluding hydrogens is 445 g/mol. The van der Waals surface area contributed by atoms with Crippen molar-refractivity contribution in [1.82, 2.24) is 20.5 Å². The van der Waals surface area contributed by atoms with Crippen molar-refractivity contribution in [3.05, 3.63) is 16.1 Å². The molecule has 0 aromatic carbocycles. The van der Waals surface area contributed by atoms with Crippen LogP contribution < -0.4 is 10.6 Å². The first-order chi connectivity index (χ1) is 11.5. The third-order valence-corrected chi connectivity index (χ3v) is 5.30. The van der Waals surface area contributed by atoms with E-state index in [-0.39, 0.29) is 24.0 Å². The minimum atomic E-state index is 0. The summed E-state index contributed by atoms with van der Waals surface area (Å²) in [4.78, 5) is 12.6. The van der Waals surface area contributed by atoms with Crippen molar-refractivity contribution in [2.75, 3.05) is 26.7 Å². The van der Waals surface area contributed by atoms with Crippen LogP contribution in [0.4, 0.5) is 0 Å². The van der Waals surface area contributed by atoms with Gasteiger partial charge < -0.3 is 10.6 Å². The maximum atomic E-state index is 4.45. The van der Waals surface area contributed by atoms with Gasteiger partial charge in [-0.15, -0.1) is 35.3 Å². The average molecular weight is 481 g/mol. The van der Waals surface area contributed by atoms with Gasteiger partial charge in [-0.3, -0.25) is 9.89 Å². The third-order valence-electron chi connectivity index (χ3n) is 4.16. The molecule has 1 aromatic rings. The summed E-state index contributed by atoms with van der Waals surface area (Å²) in [7, 11) is 1.82. The topological polar surface area (TPSA) is 52.6 Å². The average Bonchev–Trinajstić information content (AvgIpc) is 3.03. The Morgan fingerprint density at radius 1 is 1.24 bits per heavy atom. The van der Waals surface area contributed by atoms with Gasteiger partial charge >= 0.3 is 0 Å². The highest BCUT2D eigenvalue weighted by Gasteiger charge is 2.17. The monoisotopic (exact) mass is 481 g/mol. The number of hydrogen-bond donors (Lipinski definition) is 2. The van der Waals surface area contributed by atoms with Crippen molar-refractivity contribution < 1.29 is 0 Å². The molecule has 0 bridgehead atoms. The molecule has 0 saturated heterocycles. The summed E-state index contributed by atoms with van der Waals surface area (Å²) in [5, 5.41) is 7.97. The first kappa shape index (κ1) is 24.6. The van der Waals surface area contributed by atoms with Crippen LogP contribution in [0.5, 0.6) is 0 Å². The van der Waals surface area contributed by atoms with Crippen molar-refractivity contribution in [1.29, 1.82) is 0 Å². The SMILES string of the molecule is CCc1cnc(CNC(=NC)NCC(CC(C)C)N(CC)CC)s1.I. The number of guanidine groups is 1. The fraction of sp³-hybridized carbons (Fsp3) is 0.778. The Hall–Kier alpha value is -0.410. The number of nitrogens with zero attached hydrogens (tertiary/aromatic N) is 3. The zero-order valence-corrected chi connectivity index (χ0v) is 19.8. The molecule has 0 saturated carbocycles. The van der Waals surface area contributed by atoms with Gasteiger partial charge in [-0.25, -0.2) is 4.98 Å². The van der Waals surface area contributed by atoms with Gasteiger partial charge in [0.15, 0.2) is 5.96 Å². The van der Waals surface area contributed by atoms with Crippen molar-refractivity contribution in [3.8, 4) is 0 Å². The molecule has 0 aliphatic carbocycles. The number of aromatic nitrogens is 1. The van der Waals surface area contributed by atoms with Gasteiger partial charge in [0.25, 0.3) is 0 Å². The minimum absolute atomic E-state index is 0. The van der Waals surface area contributed by atoms with E-state index in [1.807, 2.05) is 13.2 Å². The normalized spacial score (nSPS) is 13.0. The number of nitrogens with one attached hydrogen (secondary N) is 2. The third kappa shape index (κ3) is 9.19.